The second kappa shape index (κ2) is 29.6. The molecule has 7 heavy (non-hydrogen) atoms. The normalized spacial score (nSPS) is 5.14. The molecule has 0 rings (SSSR count). The molecule has 0 aliphatic carbocycles. The number of hydrogen-bond donors (Lipinski definition) is 0. The molecule has 1 heteroatoms. The molecule has 0 bridgehead atoms. The van der Waals surface area contributed by atoms with Gasteiger partial charge in [0, 0.05) is 22.4 Å². The van der Waals surface area contributed by atoms with Crippen LogP contribution >= 0.6 is 0 Å². The first kappa shape index (κ1) is 15.6. The van der Waals surface area contributed by atoms with E-state index in [0.29, 0.717) is 0 Å². The third-order valence-corrected chi connectivity index (χ3v) is 0. The Morgan fingerprint density at radius 3 is 0.714 bits per heavy atom. The van der Waals surface area contributed by atoms with Crippen LogP contribution in [-0.4, -0.2) is 0 Å². The topological polar surface area (TPSA) is 0 Å². The maximum absolute atomic E-state index is 2.00. The molecule has 0 unspecified atom stereocenters. The predicted octanol–water partition coefficient (Wildman–Crippen LogP) is 2.46. The average Bonchev–Trinajstić information content (AvgIpc) is 1.39. The molecule has 0 atom stereocenters. The van der Waals surface area contributed by atoms with E-state index in [4.69, 9.17) is 0 Å². The van der Waals surface area contributed by atoms with Crippen LogP contribution in [0.4, 0.5) is 0 Å². The number of hydrogen-bond acceptors (Lipinski definition) is 0. The quantitative estimate of drug-likeness (QED) is 0.410. The van der Waals surface area contributed by atoms with E-state index in [1.165, 1.54) is 0 Å². The minimum atomic E-state index is 0. The van der Waals surface area contributed by atoms with Crippen molar-refractivity contribution in [1.29, 1.82) is 0 Å². The summed E-state index contributed by atoms with van der Waals surface area (Å²) in [5.74, 6) is 0. The van der Waals surface area contributed by atoms with E-state index in [1.54, 1.807) is 0 Å². The zero-order chi connectivity index (χ0) is 5.41. The van der Waals surface area contributed by atoms with E-state index in [0.717, 1.165) is 0 Å². The minimum absolute atomic E-state index is 0. The van der Waals surface area contributed by atoms with E-state index in [2.05, 4.69) is 0 Å². The van der Waals surface area contributed by atoms with Gasteiger partial charge in [0.15, 0.2) is 0 Å². The van der Waals surface area contributed by atoms with Gasteiger partial charge < -0.3 is 12.8 Å². The molecule has 0 aromatic rings. The Balaban J connectivity index is -0.0000000400. The van der Waals surface area contributed by atoms with Crippen molar-refractivity contribution >= 4 is 0 Å². The Hall–Kier alpha value is 0.740. The standard InChI is InChI=1S/2C3H7.Ag/c2*1-3-2;/h2*3H,1-2H3;/q2*-1;. The van der Waals surface area contributed by atoms with Crippen LogP contribution < -0.4 is 0 Å². The predicted molar refractivity (Wildman–Crippen MR) is 31.3 cm³/mol. The molecule has 0 saturated heterocycles. The first-order chi connectivity index (χ1) is 2.83. The third-order valence-electron chi connectivity index (χ3n) is 0. The molecule has 0 aliphatic heterocycles. The zero-order valence-corrected chi connectivity index (χ0v) is 6.94. The van der Waals surface area contributed by atoms with Crippen LogP contribution in [0.1, 0.15) is 27.7 Å². The first-order valence-corrected chi connectivity index (χ1v) is 2.31. The Morgan fingerprint density at radius 1 is 0.714 bits per heavy atom. The van der Waals surface area contributed by atoms with Crippen LogP contribution in [0.2, 0.25) is 0 Å². The van der Waals surface area contributed by atoms with Crippen molar-refractivity contribution in [3.63, 3.8) is 0 Å². The fraction of sp³-hybridized carbons (Fsp3) is 0.667. The maximum Gasteiger partial charge on any atom is 0 e. The molecule has 0 aromatic heterocycles. The summed E-state index contributed by atoms with van der Waals surface area (Å²) in [5.41, 5.74) is 0. The van der Waals surface area contributed by atoms with Gasteiger partial charge in [-0.05, 0) is 0 Å². The van der Waals surface area contributed by atoms with Gasteiger partial charge in [-0.15, -0.1) is 0 Å². The molecule has 0 aromatic carbocycles. The van der Waals surface area contributed by atoms with Crippen LogP contribution in [0, 0.1) is 12.8 Å². The molecule has 0 heterocycles. The zero-order valence-electron chi connectivity index (χ0n) is 5.46. The van der Waals surface area contributed by atoms with Crippen molar-refractivity contribution in [3.05, 3.63) is 12.8 Å². The smallest absolute Gasteiger partial charge is 0 e. The third kappa shape index (κ3) is 276. The summed E-state index contributed by atoms with van der Waals surface area (Å²) in [6, 6.07) is 0. The van der Waals surface area contributed by atoms with Gasteiger partial charge in [-0.1, -0.05) is 0 Å². The van der Waals surface area contributed by atoms with Gasteiger partial charge in [-0.2, -0.15) is 27.7 Å². The summed E-state index contributed by atoms with van der Waals surface area (Å²) in [4.78, 5) is 0. The summed E-state index contributed by atoms with van der Waals surface area (Å²) in [5, 5.41) is 0. The van der Waals surface area contributed by atoms with Gasteiger partial charge in [0.2, 0.25) is 0 Å². The first-order valence-electron chi connectivity index (χ1n) is 2.31. The molecule has 51 valence electrons. The summed E-state index contributed by atoms with van der Waals surface area (Å²) >= 11 is 0. The van der Waals surface area contributed by atoms with E-state index in [-0.39, 0.29) is 22.4 Å². The van der Waals surface area contributed by atoms with Crippen LogP contribution in [0.15, 0.2) is 0 Å². The van der Waals surface area contributed by atoms with Gasteiger partial charge in [-0.25, -0.2) is 0 Å². The van der Waals surface area contributed by atoms with Crippen molar-refractivity contribution in [3.8, 4) is 0 Å². The van der Waals surface area contributed by atoms with E-state index in [9.17, 15) is 0 Å². The van der Waals surface area contributed by atoms with Gasteiger partial charge >= 0.3 is 0 Å². The molecule has 0 nitrogen and oxygen atoms in total. The fourth-order valence-electron chi connectivity index (χ4n) is 0. The van der Waals surface area contributed by atoms with Gasteiger partial charge in [0.05, 0.1) is 0 Å². The molecule has 0 saturated carbocycles. The SMILES string of the molecule is C[CH-]C.C[CH-]C.[Ag]. The van der Waals surface area contributed by atoms with Gasteiger partial charge in [0.25, 0.3) is 0 Å². The minimum Gasteiger partial charge on any atom is -0.335 e. The molecule has 0 N–H and O–H groups in total. The Labute approximate surface area is 63.2 Å². The molecule has 1 radical (unpaired) electrons. The van der Waals surface area contributed by atoms with Crippen LogP contribution in [0.3, 0.4) is 0 Å². The Bertz CT molecular complexity index is 6.14. The van der Waals surface area contributed by atoms with Crippen LogP contribution in [0.5, 0.6) is 0 Å². The van der Waals surface area contributed by atoms with Crippen molar-refractivity contribution in [2.75, 3.05) is 0 Å². The Kier molecular flexibility index (Phi) is 66.1. The molecule has 0 amide bonds. The van der Waals surface area contributed by atoms with E-state index < -0.39 is 0 Å². The van der Waals surface area contributed by atoms with Crippen molar-refractivity contribution in [2.45, 2.75) is 27.7 Å². The monoisotopic (exact) mass is 193 g/mol. The van der Waals surface area contributed by atoms with Crippen molar-refractivity contribution < 1.29 is 22.4 Å². The molecule has 0 spiro atoms. The Morgan fingerprint density at radius 2 is 0.714 bits per heavy atom. The summed E-state index contributed by atoms with van der Waals surface area (Å²) in [7, 11) is 0. The van der Waals surface area contributed by atoms with E-state index in [1.807, 2.05) is 40.5 Å². The molecule has 0 aliphatic rings. The van der Waals surface area contributed by atoms with Gasteiger partial charge in [-0.3, -0.25) is 0 Å². The average molecular weight is 194 g/mol. The maximum atomic E-state index is 2.00. The van der Waals surface area contributed by atoms with Crippen molar-refractivity contribution in [2.24, 2.45) is 0 Å². The second-order valence-corrected chi connectivity index (χ2v) is 1.15. The molecule has 0 fully saturated rings. The second-order valence-electron chi connectivity index (χ2n) is 1.15. The van der Waals surface area contributed by atoms with Crippen molar-refractivity contribution in [1.82, 2.24) is 0 Å². The molecular weight excluding hydrogens is 180 g/mol. The van der Waals surface area contributed by atoms with Crippen LogP contribution in [0.25, 0.3) is 0 Å². The van der Waals surface area contributed by atoms with Gasteiger partial charge in [0.1, 0.15) is 0 Å². The summed E-state index contributed by atoms with van der Waals surface area (Å²) < 4.78 is 0. The molecular formula is C6H14Ag-2. The van der Waals surface area contributed by atoms with Crippen LogP contribution in [-0.2, 0) is 22.4 Å². The van der Waals surface area contributed by atoms with E-state index >= 15 is 0 Å². The fourth-order valence-corrected chi connectivity index (χ4v) is 0. The summed E-state index contributed by atoms with van der Waals surface area (Å²) in [6.45, 7) is 8.00. The largest absolute Gasteiger partial charge is 0.335 e. The summed E-state index contributed by atoms with van der Waals surface area (Å²) in [6.07, 6.45) is 4.00. The number of rotatable bonds is 0.